The Labute approximate surface area is 78.1 Å². The Hall–Kier alpha value is -1.23. The number of hydrogen-bond acceptors (Lipinski definition) is 3. The molecule has 5 heteroatoms. The fourth-order valence-electron chi connectivity index (χ4n) is 0.845. The van der Waals surface area contributed by atoms with Gasteiger partial charge in [0.05, 0.1) is 17.0 Å². The molecule has 0 radical (unpaired) electrons. The topological polar surface area (TPSA) is 67.3 Å². The van der Waals surface area contributed by atoms with Gasteiger partial charge in [-0.3, -0.25) is 9.19 Å². The molecule has 1 rings (SSSR count). The Morgan fingerprint density at radius 3 is 2.69 bits per heavy atom. The van der Waals surface area contributed by atoms with E-state index in [0.29, 0.717) is 11.4 Å². The van der Waals surface area contributed by atoms with Gasteiger partial charge in [0.15, 0.2) is 0 Å². The Bertz CT molecular complexity index is 334. The van der Waals surface area contributed by atoms with Gasteiger partial charge in [-0.05, 0) is 12.1 Å². The van der Waals surface area contributed by atoms with Gasteiger partial charge in [-0.25, -0.2) is 4.79 Å². The first-order valence-electron chi connectivity index (χ1n) is 3.58. The number of hydrogen-bond donors (Lipinski definition) is 1. The highest BCUT2D eigenvalue weighted by Gasteiger charge is 2.03. The van der Waals surface area contributed by atoms with Gasteiger partial charge >= 0.3 is 5.97 Å². The van der Waals surface area contributed by atoms with Crippen molar-refractivity contribution in [2.24, 2.45) is 0 Å². The zero-order valence-electron chi connectivity index (χ0n) is 7.06. The molecule has 0 amide bonds. The summed E-state index contributed by atoms with van der Waals surface area (Å²) in [7, 11) is -0.944. The van der Waals surface area contributed by atoms with Crippen molar-refractivity contribution < 1.29 is 14.1 Å². The number of aromatic carboxylic acids is 1. The third-order valence-electron chi connectivity index (χ3n) is 1.42. The summed E-state index contributed by atoms with van der Waals surface area (Å²) in [5.41, 5.74) is 0.788. The molecule has 1 N–H and O–H groups in total. The Kier molecular flexibility index (Phi) is 3.13. The van der Waals surface area contributed by atoms with E-state index >= 15 is 0 Å². The molecule has 1 atom stereocenters. The smallest absolute Gasteiger partial charge is 0.337 e. The van der Waals surface area contributed by atoms with Crippen LogP contribution in [0.3, 0.4) is 0 Å². The van der Waals surface area contributed by atoms with E-state index in [9.17, 15) is 9.00 Å². The third kappa shape index (κ3) is 2.95. The maximum atomic E-state index is 10.8. The molecule has 1 heterocycles. The van der Waals surface area contributed by atoms with Crippen LogP contribution in [-0.2, 0) is 16.6 Å². The van der Waals surface area contributed by atoms with Crippen molar-refractivity contribution in [2.45, 2.75) is 5.75 Å². The molecule has 0 spiro atoms. The molecule has 1 aromatic rings. The van der Waals surface area contributed by atoms with Gasteiger partial charge in [0, 0.05) is 23.3 Å². The molecule has 0 aliphatic rings. The summed E-state index contributed by atoms with van der Waals surface area (Å²) >= 11 is 0. The van der Waals surface area contributed by atoms with Gasteiger partial charge in [-0.1, -0.05) is 0 Å². The van der Waals surface area contributed by atoms with E-state index in [-0.39, 0.29) is 5.56 Å². The van der Waals surface area contributed by atoms with E-state index in [2.05, 4.69) is 4.98 Å². The highest BCUT2D eigenvalue weighted by atomic mass is 32.2. The summed E-state index contributed by atoms with van der Waals surface area (Å²) in [6, 6.07) is 3.03. The molecule has 70 valence electrons. The van der Waals surface area contributed by atoms with Crippen molar-refractivity contribution >= 4 is 16.8 Å². The highest BCUT2D eigenvalue weighted by molar-refractivity contribution is 7.83. The largest absolute Gasteiger partial charge is 0.478 e. The van der Waals surface area contributed by atoms with Crippen molar-refractivity contribution in [3.05, 3.63) is 29.6 Å². The summed E-state index contributed by atoms with van der Waals surface area (Å²) < 4.78 is 10.8. The first-order valence-corrected chi connectivity index (χ1v) is 5.30. The second-order valence-corrected chi connectivity index (χ2v) is 4.00. The Morgan fingerprint density at radius 1 is 1.62 bits per heavy atom. The first kappa shape index (κ1) is 9.85. The average Bonchev–Trinajstić information content (AvgIpc) is 2.04. The van der Waals surface area contributed by atoms with Crippen molar-refractivity contribution in [3.63, 3.8) is 0 Å². The lowest BCUT2D eigenvalue weighted by Crippen LogP contribution is -2.00. The van der Waals surface area contributed by atoms with Crippen LogP contribution in [0, 0.1) is 0 Å². The molecule has 1 unspecified atom stereocenters. The Balaban J connectivity index is 2.81. The van der Waals surface area contributed by atoms with Crippen LogP contribution in [0.15, 0.2) is 18.3 Å². The molecular weight excluding hydrogens is 190 g/mol. The quantitative estimate of drug-likeness (QED) is 0.776. The number of carbonyl (C=O) groups is 1. The molecule has 0 saturated carbocycles. The molecule has 0 aliphatic heterocycles. The molecule has 0 aliphatic carbocycles. The fraction of sp³-hybridized carbons (Fsp3) is 0.250. The van der Waals surface area contributed by atoms with Gasteiger partial charge in [0.2, 0.25) is 0 Å². The summed E-state index contributed by atoms with van der Waals surface area (Å²) in [6.45, 7) is 0. The van der Waals surface area contributed by atoms with Crippen LogP contribution < -0.4 is 0 Å². The molecule has 4 nitrogen and oxygen atoms in total. The standard InChI is InChI=1S/C8H9NO3S/c1-13(12)5-7-3-2-6(4-9-7)8(10)11/h2-4H,5H2,1H3,(H,10,11). The summed E-state index contributed by atoms with van der Waals surface area (Å²) in [5, 5.41) is 8.56. The second kappa shape index (κ2) is 4.13. The summed E-state index contributed by atoms with van der Waals surface area (Å²) in [4.78, 5) is 14.3. The van der Waals surface area contributed by atoms with Crippen LogP contribution in [0.4, 0.5) is 0 Å². The van der Waals surface area contributed by atoms with Gasteiger partial charge < -0.3 is 5.11 Å². The molecule has 0 aromatic carbocycles. The predicted octanol–water partition coefficient (Wildman–Crippen LogP) is 0.658. The van der Waals surface area contributed by atoms with Crippen molar-refractivity contribution in [1.29, 1.82) is 0 Å². The zero-order chi connectivity index (χ0) is 9.84. The van der Waals surface area contributed by atoms with Crippen molar-refractivity contribution in [2.75, 3.05) is 6.26 Å². The lowest BCUT2D eigenvalue weighted by molar-refractivity contribution is 0.0696. The molecule has 0 bridgehead atoms. The summed E-state index contributed by atoms with van der Waals surface area (Å²) in [5.74, 6) is -0.642. The van der Waals surface area contributed by atoms with Gasteiger partial charge in [0.25, 0.3) is 0 Å². The molecular formula is C8H9NO3S. The van der Waals surface area contributed by atoms with Crippen LogP contribution in [0.5, 0.6) is 0 Å². The fourth-order valence-corrected chi connectivity index (χ4v) is 1.43. The van der Waals surface area contributed by atoms with Gasteiger partial charge in [-0.2, -0.15) is 0 Å². The molecule has 13 heavy (non-hydrogen) atoms. The highest BCUT2D eigenvalue weighted by Crippen LogP contribution is 2.02. The lowest BCUT2D eigenvalue weighted by Gasteiger charge is -1.97. The SMILES string of the molecule is CS(=O)Cc1ccc(C(=O)O)cn1. The maximum absolute atomic E-state index is 10.8. The molecule has 0 saturated heterocycles. The van der Waals surface area contributed by atoms with Crippen molar-refractivity contribution in [3.8, 4) is 0 Å². The van der Waals surface area contributed by atoms with E-state index < -0.39 is 16.8 Å². The van der Waals surface area contributed by atoms with E-state index in [1.165, 1.54) is 12.3 Å². The zero-order valence-corrected chi connectivity index (χ0v) is 7.87. The Morgan fingerprint density at radius 2 is 2.31 bits per heavy atom. The van der Waals surface area contributed by atoms with E-state index in [0.717, 1.165) is 0 Å². The normalized spacial score (nSPS) is 12.4. The van der Waals surface area contributed by atoms with Crippen LogP contribution >= 0.6 is 0 Å². The van der Waals surface area contributed by atoms with E-state index in [4.69, 9.17) is 5.11 Å². The van der Waals surface area contributed by atoms with Crippen molar-refractivity contribution in [1.82, 2.24) is 4.98 Å². The third-order valence-corrected chi connectivity index (χ3v) is 2.13. The summed E-state index contributed by atoms with van der Waals surface area (Å²) in [6.07, 6.45) is 2.84. The number of nitrogens with zero attached hydrogens (tertiary/aromatic N) is 1. The number of pyridine rings is 1. The second-order valence-electron chi connectivity index (χ2n) is 2.56. The van der Waals surface area contributed by atoms with E-state index in [1.807, 2.05) is 0 Å². The monoisotopic (exact) mass is 199 g/mol. The minimum Gasteiger partial charge on any atom is -0.478 e. The van der Waals surface area contributed by atoms with Gasteiger partial charge in [-0.15, -0.1) is 0 Å². The predicted molar refractivity (Wildman–Crippen MR) is 49.0 cm³/mol. The number of carboxylic acids is 1. The van der Waals surface area contributed by atoms with Crippen LogP contribution in [0.1, 0.15) is 16.1 Å². The number of rotatable bonds is 3. The molecule has 0 fully saturated rings. The number of aromatic nitrogens is 1. The van der Waals surface area contributed by atoms with Gasteiger partial charge in [0.1, 0.15) is 0 Å². The van der Waals surface area contributed by atoms with Crippen LogP contribution in [-0.4, -0.2) is 26.5 Å². The first-order chi connectivity index (χ1) is 6.09. The van der Waals surface area contributed by atoms with Crippen LogP contribution in [0.2, 0.25) is 0 Å². The number of carboxylic acid groups (broad SMARTS) is 1. The lowest BCUT2D eigenvalue weighted by atomic mass is 10.2. The van der Waals surface area contributed by atoms with E-state index in [1.54, 1.807) is 12.3 Å². The minimum absolute atomic E-state index is 0.144. The average molecular weight is 199 g/mol. The van der Waals surface area contributed by atoms with Crippen LogP contribution in [0.25, 0.3) is 0 Å². The molecule has 1 aromatic heterocycles. The minimum atomic E-state index is -1.00. The maximum Gasteiger partial charge on any atom is 0.337 e.